The summed E-state index contributed by atoms with van der Waals surface area (Å²) in [5, 5.41) is 1.08. The molecule has 1 saturated heterocycles. The van der Waals surface area contributed by atoms with Gasteiger partial charge in [0.05, 0.1) is 22.4 Å². The minimum atomic E-state index is 0.131. The van der Waals surface area contributed by atoms with Gasteiger partial charge in [0.25, 0.3) is 0 Å². The number of carbonyl (C=O) groups is 1. The molecule has 4 nitrogen and oxygen atoms in total. The molecule has 1 aliphatic heterocycles. The highest BCUT2D eigenvalue weighted by molar-refractivity contribution is 7.18. The Hall–Kier alpha value is -2.40. The van der Waals surface area contributed by atoms with Gasteiger partial charge in [0.1, 0.15) is 10.8 Å². The maximum Gasteiger partial charge on any atom is 0.223 e. The molecule has 30 heavy (non-hydrogen) atoms. The van der Waals surface area contributed by atoms with Crippen LogP contribution in [0.2, 0.25) is 0 Å². The minimum Gasteiger partial charge on any atom is -0.490 e. The summed E-state index contributed by atoms with van der Waals surface area (Å²) in [4.78, 5) is 19.9. The van der Waals surface area contributed by atoms with Crippen LogP contribution in [0.1, 0.15) is 61.6 Å². The van der Waals surface area contributed by atoms with Crippen LogP contribution in [-0.4, -0.2) is 28.4 Å². The molecule has 5 rings (SSSR count). The molecular weight excluding hydrogens is 392 g/mol. The Morgan fingerprint density at radius 3 is 2.80 bits per heavy atom. The molecule has 0 spiro atoms. The van der Waals surface area contributed by atoms with E-state index in [4.69, 9.17) is 9.72 Å². The summed E-state index contributed by atoms with van der Waals surface area (Å²) in [7, 11) is 0. The highest BCUT2D eigenvalue weighted by Gasteiger charge is 2.31. The Bertz CT molecular complexity index is 992. The molecule has 2 aromatic carbocycles. The molecule has 0 bridgehead atoms. The van der Waals surface area contributed by atoms with Gasteiger partial charge in [-0.3, -0.25) is 4.79 Å². The smallest absolute Gasteiger partial charge is 0.223 e. The molecule has 1 aromatic heterocycles. The van der Waals surface area contributed by atoms with Crippen molar-refractivity contribution in [1.29, 1.82) is 0 Å². The summed E-state index contributed by atoms with van der Waals surface area (Å²) in [5.74, 6) is 1.18. The third-order valence-electron chi connectivity index (χ3n) is 6.30. The van der Waals surface area contributed by atoms with E-state index in [2.05, 4.69) is 29.2 Å². The number of amides is 1. The number of hydrogen-bond acceptors (Lipinski definition) is 4. The maximum absolute atomic E-state index is 13.1. The summed E-state index contributed by atoms with van der Waals surface area (Å²) in [6.07, 6.45) is 8.57. The summed E-state index contributed by atoms with van der Waals surface area (Å²) in [5.41, 5.74) is 2.21. The fraction of sp³-hybridized carbons (Fsp3) is 0.440. The molecule has 156 valence electrons. The van der Waals surface area contributed by atoms with Gasteiger partial charge >= 0.3 is 0 Å². The number of benzene rings is 2. The zero-order valence-corrected chi connectivity index (χ0v) is 18.1. The summed E-state index contributed by atoms with van der Waals surface area (Å²) in [6, 6.07) is 16.7. The average molecular weight is 421 g/mol. The Morgan fingerprint density at radius 1 is 1.07 bits per heavy atom. The number of fused-ring (bicyclic) bond motifs is 1. The molecule has 2 aliphatic rings. The molecule has 3 aromatic rings. The zero-order chi connectivity index (χ0) is 20.3. The molecule has 0 N–H and O–H groups in total. The number of aryl methyl sites for hydroxylation is 1. The van der Waals surface area contributed by atoms with Gasteiger partial charge in [-0.05, 0) is 74.8 Å². The second-order valence-corrected chi connectivity index (χ2v) is 9.50. The van der Waals surface area contributed by atoms with Gasteiger partial charge in [0, 0.05) is 13.0 Å². The second kappa shape index (κ2) is 8.76. The van der Waals surface area contributed by atoms with Crippen LogP contribution in [0, 0.1) is 0 Å². The van der Waals surface area contributed by atoms with Crippen LogP contribution in [0.3, 0.4) is 0 Å². The van der Waals surface area contributed by atoms with Crippen molar-refractivity contribution in [3.05, 3.63) is 59.1 Å². The van der Waals surface area contributed by atoms with Crippen molar-refractivity contribution >= 4 is 27.5 Å². The van der Waals surface area contributed by atoms with E-state index in [1.165, 1.54) is 23.1 Å². The fourth-order valence-corrected chi connectivity index (χ4v) is 5.84. The van der Waals surface area contributed by atoms with E-state index in [9.17, 15) is 4.79 Å². The summed E-state index contributed by atoms with van der Waals surface area (Å²) < 4.78 is 7.32. The highest BCUT2D eigenvalue weighted by atomic mass is 32.1. The van der Waals surface area contributed by atoms with E-state index < -0.39 is 0 Å². The third-order valence-corrected chi connectivity index (χ3v) is 7.44. The molecule has 1 amide bonds. The maximum atomic E-state index is 13.1. The Balaban J connectivity index is 1.22. The number of ether oxygens (including phenoxy) is 1. The van der Waals surface area contributed by atoms with Gasteiger partial charge in [0.2, 0.25) is 5.91 Å². The molecule has 2 fully saturated rings. The lowest BCUT2D eigenvalue weighted by Gasteiger charge is -2.23. The monoisotopic (exact) mass is 420 g/mol. The molecule has 1 atom stereocenters. The summed E-state index contributed by atoms with van der Waals surface area (Å²) in [6.45, 7) is 0.838. The quantitative estimate of drug-likeness (QED) is 0.497. The van der Waals surface area contributed by atoms with Crippen LogP contribution in [0.4, 0.5) is 0 Å². The number of para-hydroxylation sites is 1. The number of aromatic nitrogens is 1. The molecule has 2 heterocycles. The van der Waals surface area contributed by atoms with Gasteiger partial charge in [0.15, 0.2) is 0 Å². The van der Waals surface area contributed by atoms with Crippen molar-refractivity contribution in [2.75, 3.05) is 6.54 Å². The topological polar surface area (TPSA) is 42.4 Å². The van der Waals surface area contributed by atoms with Crippen molar-refractivity contribution in [1.82, 2.24) is 9.88 Å². The first kappa shape index (κ1) is 19.6. The molecule has 1 unspecified atom stereocenters. The lowest BCUT2D eigenvalue weighted by Crippen LogP contribution is -2.30. The lowest BCUT2D eigenvalue weighted by molar-refractivity contribution is -0.132. The molecule has 1 saturated carbocycles. The third kappa shape index (κ3) is 4.22. The molecule has 0 radical (unpaired) electrons. The number of hydrogen-bond donors (Lipinski definition) is 0. The number of rotatable bonds is 6. The largest absolute Gasteiger partial charge is 0.490 e. The number of thiazole rings is 1. The van der Waals surface area contributed by atoms with E-state index in [0.29, 0.717) is 12.5 Å². The Labute approximate surface area is 181 Å². The van der Waals surface area contributed by atoms with Gasteiger partial charge in [-0.15, -0.1) is 11.3 Å². The van der Waals surface area contributed by atoms with Gasteiger partial charge in [-0.2, -0.15) is 0 Å². The first-order chi connectivity index (χ1) is 14.8. The lowest BCUT2D eigenvalue weighted by atomic mass is 10.1. The molecule has 5 heteroatoms. The van der Waals surface area contributed by atoms with Crippen molar-refractivity contribution < 1.29 is 9.53 Å². The average Bonchev–Trinajstić information content (AvgIpc) is 3.52. The van der Waals surface area contributed by atoms with E-state index in [1.54, 1.807) is 11.3 Å². The zero-order valence-electron chi connectivity index (χ0n) is 17.3. The van der Waals surface area contributed by atoms with E-state index >= 15 is 0 Å². The van der Waals surface area contributed by atoms with Crippen LogP contribution in [0.15, 0.2) is 48.5 Å². The highest BCUT2D eigenvalue weighted by Crippen LogP contribution is 2.37. The van der Waals surface area contributed by atoms with Gasteiger partial charge in [-0.25, -0.2) is 4.98 Å². The van der Waals surface area contributed by atoms with Crippen LogP contribution in [0.25, 0.3) is 10.2 Å². The van der Waals surface area contributed by atoms with Crippen molar-refractivity contribution in [2.24, 2.45) is 0 Å². The predicted octanol–water partition coefficient (Wildman–Crippen LogP) is 5.91. The Morgan fingerprint density at radius 2 is 1.93 bits per heavy atom. The van der Waals surface area contributed by atoms with Crippen molar-refractivity contribution in [3.63, 3.8) is 0 Å². The van der Waals surface area contributed by atoms with Gasteiger partial charge < -0.3 is 9.64 Å². The summed E-state index contributed by atoms with van der Waals surface area (Å²) >= 11 is 1.73. The predicted molar refractivity (Wildman–Crippen MR) is 121 cm³/mol. The van der Waals surface area contributed by atoms with Gasteiger partial charge in [-0.1, -0.05) is 24.3 Å². The molecular formula is C25H28N2O2S. The SMILES string of the molecule is O=C(CCc1cccc(OC2CCCC2)c1)N1CCCC1c1nc2ccccc2s1. The van der Waals surface area contributed by atoms with Crippen LogP contribution < -0.4 is 4.74 Å². The van der Waals surface area contributed by atoms with E-state index in [-0.39, 0.29) is 11.9 Å². The fourth-order valence-electron chi connectivity index (χ4n) is 4.72. The Kier molecular flexibility index (Phi) is 5.71. The number of likely N-dealkylation sites (tertiary alicyclic amines) is 1. The van der Waals surface area contributed by atoms with Crippen LogP contribution >= 0.6 is 11.3 Å². The molecule has 1 aliphatic carbocycles. The minimum absolute atomic E-state index is 0.131. The van der Waals surface area contributed by atoms with E-state index in [1.807, 2.05) is 24.3 Å². The van der Waals surface area contributed by atoms with Crippen molar-refractivity contribution in [2.45, 2.75) is 63.5 Å². The van der Waals surface area contributed by atoms with Crippen LogP contribution in [0.5, 0.6) is 5.75 Å². The van der Waals surface area contributed by atoms with Crippen molar-refractivity contribution in [3.8, 4) is 5.75 Å². The van der Waals surface area contributed by atoms with Crippen LogP contribution in [-0.2, 0) is 11.2 Å². The standard InChI is InChI=1S/C25H28N2O2S/c28-24(15-14-18-7-5-10-20(17-18)29-19-8-1-2-9-19)27-16-6-12-22(27)25-26-21-11-3-4-13-23(21)30-25/h3-5,7,10-11,13,17,19,22H,1-2,6,8-9,12,14-16H2. The first-order valence-electron chi connectivity index (χ1n) is 11.2. The number of nitrogens with zero attached hydrogens (tertiary/aromatic N) is 2. The number of carbonyl (C=O) groups excluding carboxylic acids is 1. The second-order valence-electron chi connectivity index (χ2n) is 8.44. The van der Waals surface area contributed by atoms with E-state index in [0.717, 1.165) is 54.9 Å². The first-order valence-corrected chi connectivity index (χ1v) is 12.0. The normalized spacial score (nSPS) is 19.6.